The molecule has 3 aromatic rings. The third kappa shape index (κ3) is 2.86. The van der Waals surface area contributed by atoms with Gasteiger partial charge in [0.05, 0.1) is 0 Å². The molecule has 0 unspecified atom stereocenters. The van der Waals surface area contributed by atoms with E-state index in [9.17, 15) is 0 Å². The highest BCUT2D eigenvalue weighted by Crippen LogP contribution is 2.22. The van der Waals surface area contributed by atoms with Gasteiger partial charge < -0.3 is 9.88 Å². The molecule has 2 nitrogen and oxygen atoms in total. The molecule has 0 amide bonds. The molecule has 0 fully saturated rings. The van der Waals surface area contributed by atoms with Crippen LogP contribution in [0.4, 0.5) is 0 Å². The largest absolute Gasteiger partial charge is 0.343 e. The van der Waals surface area contributed by atoms with Crippen LogP contribution in [0.25, 0.3) is 10.9 Å². The highest BCUT2D eigenvalue weighted by molar-refractivity contribution is 5.84. The second-order valence-electron chi connectivity index (χ2n) is 5.83. The highest BCUT2D eigenvalue weighted by atomic mass is 15.0. The lowest BCUT2D eigenvalue weighted by Crippen LogP contribution is -2.04. The number of nitrogens with one attached hydrogen (secondary N) is 1. The first kappa shape index (κ1) is 13.9. The van der Waals surface area contributed by atoms with Gasteiger partial charge in [-0.1, -0.05) is 47.5 Å². The number of hydrogen-bond acceptors (Lipinski definition) is 1. The average Bonchev–Trinajstić information content (AvgIpc) is 2.77. The van der Waals surface area contributed by atoms with Crippen LogP contribution in [0.5, 0.6) is 0 Å². The third-order valence-electron chi connectivity index (χ3n) is 3.87. The standard InChI is InChI=1S/C19H22N2/c1-14-8-15(2)10-16(9-14)12-21-13-17(11-20-3)18-6-4-5-7-19(18)21/h4-10,13,20H,11-12H2,1-3H3. The van der Waals surface area contributed by atoms with Crippen LogP contribution in [0.15, 0.2) is 48.7 Å². The van der Waals surface area contributed by atoms with E-state index < -0.39 is 0 Å². The maximum atomic E-state index is 3.26. The quantitative estimate of drug-likeness (QED) is 0.762. The van der Waals surface area contributed by atoms with Crippen LogP contribution in [0.2, 0.25) is 0 Å². The molecule has 0 saturated carbocycles. The van der Waals surface area contributed by atoms with Crippen molar-refractivity contribution < 1.29 is 0 Å². The van der Waals surface area contributed by atoms with Crippen molar-refractivity contribution in [1.29, 1.82) is 0 Å². The predicted octanol–water partition coefficient (Wildman–Crippen LogP) is 4.03. The summed E-state index contributed by atoms with van der Waals surface area (Å²) in [7, 11) is 2.00. The van der Waals surface area contributed by atoms with E-state index in [1.165, 1.54) is 33.2 Å². The van der Waals surface area contributed by atoms with Crippen molar-refractivity contribution in [3.8, 4) is 0 Å². The van der Waals surface area contributed by atoms with Gasteiger partial charge in [0.25, 0.3) is 0 Å². The normalized spacial score (nSPS) is 11.2. The number of nitrogens with zero attached hydrogens (tertiary/aromatic N) is 1. The zero-order chi connectivity index (χ0) is 14.8. The Hall–Kier alpha value is -2.06. The molecule has 3 rings (SSSR count). The molecule has 1 aromatic heterocycles. The van der Waals surface area contributed by atoms with E-state index in [4.69, 9.17) is 0 Å². The van der Waals surface area contributed by atoms with Gasteiger partial charge in [0, 0.05) is 30.2 Å². The highest BCUT2D eigenvalue weighted by Gasteiger charge is 2.08. The number of hydrogen-bond donors (Lipinski definition) is 1. The summed E-state index contributed by atoms with van der Waals surface area (Å²) in [5.41, 5.74) is 6.69. The molecule has 0 aliphatic heterocycles. The van der Waals surface area contributed by atoms with Crippen LogP contribution in [0.1, 0.15) is 22.3 Å². The summed E-state index contributed by atoms with van der Waals surface area (Å²) < 4.78 is 2.36. The lowest BCUT2D eigenvalue weighted by atomic mass is 10.1. The van der Waals surface area contributed by atoms with Crippen LogP contribution in [-0.4, -0.2) is 11.6 Å². The summed E-state index contributed by atoms with van der Waals surface area (Å²) in [6.07, 6.45) is 2.28. The first-order chi connectivity index (χ1) is 10.2. The molecular weight excluding hydrogens is 256 g/mol. The molecule has 2 aromatic carbocycles. The van der Waals surface area contributed by atoms with Gasteiger partial charge in [-0.2, -0.15) is 0 Å². The Morgan fingerprint density at radius 1 is 1.00 bits per heavy atom. The number of fused-ring (bicyclic) bond motifs is 1. The molecule has 0 bridgehead atoms. The smallest absolute Gasteiger partial charge is 0.0486 e. The van der Waals surface area contributed by atoms with Gasteiger partial charge in [-0.3, -0.25) is 0 Å². The minimum absolute atomic E-state index is 0.903. The molecule has 108 valence electrons. The van der Waals surface area contributed by atoms with Gasteiger partial charge in [0.15, 0.2) is 0 Å². The van der Waals surface area contributed by atoms with E-state index in [1.807, 2.05) is 7.05 Å². The van der Waals surface area contributed by atoms with Crippen LogP contribution in [-0.2, 0) is 13.1 Å². The average molecular weight is 278 g/mol. The molecule has 0 saturated heterocycles. The number of aryl methyl sites for hydroxylation is 2. The van der Waals surface area contributed by atoms with Crippen LogP contribution < -0.4 is 5.32 Å². The van der Waals surface area contributed by atoms with Crippen molar-refractivity contribution in [3.05, 3.63) is 70.9 Å². The van der Waals surface area contributed by atoms with Crippen LogP contribution >= 0.6 is 0 Å². The summed E-state index contributed by atoms with van der Waals surface area (Å²) in [6, 6.07) is 15.4. The van der Waals surface area contributed by atoms with Crippen molar-refractivity contribution in [2.75, 3.05) is 7.05 Å². The lowest BCUT2D eigenvalue weighted by Gasteiger charge is -2.08. The Bertz CT molecular complexity index is 748. The number of rotatable bonds is 4. The van der Waals surface area contributed by atoms with Crippen LogP contribution in [0, 0.1) is 13.8 Å². The second kappa shape index (κ2) is 5.74. The Morgan fingerprint density at radius 2 is 1.71 bits per heavy atom. The van der Waals surface area contributed by atoms with Gasteiger partial charge in [-0.05, 0) is 38.1 Å². The molecule has 0 spiro atoms. The summed E-state index contributed by atoms with van der Waals surface area (Å²) >= 11 is 0. The molecular formula is C19H22N2. The minimum atomic E-state index is 0.903. The molecule has 2 heteroatoms. The number of aromatic nitrogens is 1. The summed E-state index contributed by atoms with van der Waals surface area (Å²) in [4.78, 5) is 0. The Balaban J connectivity index is 2.04. The first-order valence-electron chi connectivity index (χ1n) is 7.46. The zero-order valence-corrected chi connectivity index (χ0v) is 13.0. The molecule has 0 radical (unpaired) electrons. The minimum Gasteiger partial charge on any atom is -0.343 e. The number of para-hydroxylation sites is 1. The van der Waals surface area contributed by atoms with E-state index >= 15 is 0 Å². The Kier molecular flexibility index (Phi) is 3.80. The topological polar surface area (TPSA) is 17.0 Å². The van der Waals surface area contributed by atoms with E-state index in [0.29, 0.717) is 0 Å². The van der Waals surface area contributed by atoms with Gasteiger partial charge in [-0.25, -0.2) is 0 Å². The van der Waals surface area contributed by atoms with Crippen molar-refractivity contribution in [2.45, 2.75) is 26.9 Å². The van der Waals surface area contributed by atoms with Gasteiger partial charge in [-0.15, -0.1) is 0 Å². The number of benzene rings is 2. The predicted molar refractivity (Wildman–Crippen MR) is 89.7 cm³/mol. The van der Waals surface area contributed by atoms with Crippen molar-refractivity contribution in [1.82, 2.24) is 9.88 Å². The van der Waals surface area contributed by atoms with Crippen LogP contribution in [0.3, 0.4) is 0 Å². The summed E-state index contributed by atoms with van der Waals surface area (Å²) in [5, 5.41) is 4.60. The molecule has 1 N–H and O–H groups in total. The fourth-order valence-electron chi connectivity index (χ4n) is 3.14. The summed E-state index contributed by atoms with van der Waals surface area (Å²) in [6.45, 7) is 6.15. The van der Waals surface area contributed by atoms with Gasteiger partial charge >= 0.3 is 0 Å². The van der Waals surface area contributed by atoms with Crippen molar-refractivity contribution in [3.63, 3.8) is 0 Å². The van der Waals surface area contributed by atoms with Gasteiger partial charge in [0.2, 0.25) is 0 Å². The Labute approximate surface area is 126 Å². The zero-order valence-electron chi connectivity index (χ0n) is 13.0. The molecule has 0 aliphatic rings. The second-order valence-corrected chi connectivity index (χ2v) is 5.83. The first-order valence-corrected chi connectivity index (χ1v) is 7.46. The SMILES string of the molecule is CNCc1cn(Cc2cc(C)cc(C)c2)c2ccccc12. The monoisotopic (exact) mass is 278 g/mol. The molecule has 1 heterocycles. The third-order valence-corrected chi connectivity index (χ3v) is 3.87. The van der Waals surface area contributed by atoms with E-state index in [0.717, 1.165) is 13.1 Å². The Morgan fingerprint density at radius 3 is 2.43 bits per heavy atom. The molecule has 0 aliphatic carbocycles. The van der Waals surface area contributed by atoms with Crippen molar-refractivity contribution >= 4 is 10.9 Å². The van der Waals surface area contributed by atoms with E-state index in [1.54, 1.807) is 0 Å². The fourth-order valence-corrected chi connectivity index (χ4v) is 3.14. The van der Waals surface area contributed by atoms with Gasteiger partial charge in [0.1, 0.15) is 0 Å². The molecule has 21 heavy (non-hydrogen) atoms. The fraction of sp³-hybridized carbons (Fsp3) is 0.263. The maximum absolute atomic E-state index is 3.26. The van der Waals surface area contributed by atoms with E-state index in [-0.39, 0.29) is 0 Å². The maximum Gasteiger partial charge on any atom is 0.0486 e. The van der Waals surface area contributed by atoms with E-state index in [2.05, 4.69) is 72.4 Å². The molecule has 0 atom stereocenters. The lowest BCUT2D eigenvalue weighted by molar-refractivity contribution is 0.795. The van der Waals surface area contributed by atoms with Crippen molar-refractivity contribution in [2.24, 2.45) is 0 Å². The summed E-state index contributed by atoms with van der Waals surface area (Å²) in [5.74, 6) is 0.